The molecule has 4 aliphatic carbocycles. The highest BCUT2D eigenvalue weighted by Crippen LogP contribution is 2.49. The van der Waals surface area contributed by atoms with E-state index in [9.17, 15) is 0 Å². The second-order valence-electron chi connectivity index (χ2n) is 8.37. The zero-order chi connectivity index (χ0) is 17.5. The molecule has 0 radical (unpaired) electrons. The fourth-order valence-electron chi connectivity index (χ4n) is 5.57. The standard InChI is InChI=1S/C24H28BrN/c25-19-13-10-17(11-14-19)18-12-15-24-22(16-18)21-8-4-5-9-23(21)26(24)20-6-2-1-3-7-20/h1-2,5-6,9-10,12-13,15,17-19,22,24H,3-4,7-8,11,14,16H2. The molecule has 0 aromatic carbocycles. The first-order chi connectivity index (χ1) is 12.8. The minimum Gasteiger partial charge on any atom is -0.338 e. The number of fused-ring (bicyclic) bond motifs is 2. The van der Waals surface area contributed by atoms with Gasteiger partial charge in [-0.1, -0.05) is 58.5 Å². The first kappa shape index (κ1) is 16.9. The van der Waals surface area contributed by atoms with Gasteiger partial charge in [0.2, 0.25) is 0 Å². The minimum absolute atomic E-state index is 0.549. The van der Waals surface area contributed by atoms with Crippen LogP contribution < -0.4 is 0 Å². The van der Waals surface area contributed by atoms with Gasteiger partial charge in [-0.15, -0.1) is 0 Å². The predicted molar refractivity (Wildman–Crippen MR) is 113 cm³/mol. The number of alkyl halides is 1. The smallest absolute Gasteiger partial charge is 0.0585 e. The van der Waals surface area contributed by atoms with Gasteiger partial charge in [0.15, 0.2) is 0 Å². The molecule has 1 aliphatic heterocycles. The Hall–Kier alpha value is -1.28. The van der Waals surface area contributed by atoms with Gasteiger partial charge in [-0.05, 0) is 74.5 Å². The van der Waals surface area contributed by atoms with Gasteiger partial charge >= 0.3 is 0 Å². The highest BCUT2D eigenvalue weighted by atomic mass is 79.9. The van der Waals surface area contributed by atoms with Gasteiger partial charge in [0.1, 0.15) is 0 Å². The van der Waals surface area contributed by atoms with Crippen molar-refractivity contribution < 1.29 is 0 Å². The summed E-state index contributed by atoms with van der Waals surface area (Å²) in [6, 6.07) is 0.549. The van der Waals surface area contributed by atoms with E-state index in [0.717, 1.165) is 5.92 Å². The molecule has 0 aromatic heterocycles. The number of hydrogen-bond acceptors (Lipinski definition) is 1. The van der Waals surface area contributed by atoms with E-state index in [2.05, 4.69) is 75.5 Å². The molecule has 0 spiro atoms. The predicted octanol–water partition coefficient (Wildman–Crippen LogP) is 6.43. The molecule has 0 saturated heterocycles. The van der Waals surface area contributed by atoms with Gasteiger partial charge in [0, 0.05) is 22.1 Å². The summed E-state index contributed by atoms with van der Waals surface area (Å²) >= 11 is 3.74. The van der Waals surface area contributed by atoms with Crippen molar-refractivity contribution >= 4 is 15.9 Å². The van der Waals surface area contributed by atoms with Gasteiger partial charge in [0.05, 0.1) is 6.04 Å². The fourth-order valence-corrected chi connectivity index (χ4v) is 6.02. The molecule has 26 heavy (non-hydrogen) atoms. The Balaban J connectivity index is 1.46. The van der Waals surface area contributed by atoms with Crippen LogP contribution in [0.2, 0.25) is 0 Å². The molecule has 5 aliphatic rings. The molecule has 0 amide bonds. The van der Waals surface area contributed by atoms with Crippen LogP contribution in [0.3, 0.4) is 0 Å². The molecule has 0 fully saturated rings. The second kappa shape index (κ2) is 7.03. The molecule has 1 heterocycles. The topological polar surface area (TPSA) is 3.24 Å². The summed E-state index contributed by atoms with van der Waals surface area (Å²) in [4.78, 5) is 3.27. The third-order valence-electron chi connectivity index (χ3n) is 6.88. The summed E-state index contributed by atoms with van der Waals surface area (Å²) < 4.78 is 0. The van der Waals surface area contributed by atoms with Crippen LogP contribution >= 0.6 is 15.9 Å². The van der Waals surface area contributed by atoms with Crippen LogP contribution in [0.4, 0.5) is 0 Å². The number of rotatable bonds is 2. The van der Waals surface area contributed by atoms with Gasteiger partial charge in [-0.25, -0.2) is 0 Å². The van der Waals surface area contributed by atoms with Crippen molar-refractivity contribution in [3.05, 3.63) is 71.7 Å². The molecule has 0 aromatic rings. The first-order valence-corrected chi connectivity index (χ1v) is 11.3. The van der Waals surface area contributed by atoms with Crippen LogP contribution in [0.5, 0.6) is 0 Å². The molecule has 0 saturated carbocycles. The fraction of sp³-hybridized carbons (Fsp3) is 0.500. The monoisotopic (exact) mass is 409 g/mol. The normalized spacial score (nSPS) is 38.4. The maximum Gasteiger partial charge on any atom is 0.0585 e. The highest BCUT2D eigenvalue weighted by molar-refractivity contribution is 9.09. The highest BCUT2D eigenvalue weighted by Gasteiger charge is 2.43. The average Bonchev–Trinajstić information content (AvgIpc) is 3.03. The number of hydrogen-bond donors (Lipinski definition) is 0. The van der Waals surface area contributed by atoms with E-state index < -0.39 is 0 Å². The van der Waals surface area contributed by atoms with E-state index in [-0.39, 0.29) is 0 Å². The maximum atomic E-state index is 3.74. The Kier molecular flexibility index (Phi) is 4.56. The summed E-state index contributed by atoms with van der Waals surface area (Å²) in [6.07, 6.45) is 30.4. The molecular weight excluding hydrogens is 382 g/mol. The molecule has 0 N–H and O–H groups in total. The quantitative estimate of drug-likeness (QED) is 0.375. The Bertz CT molecular complexity index is 750. The van der Waals surface area contributed by atoms with Crippen molar-refractivity contribution in [1.29, 1.82) is 0 Å². The number of allylic oxidation sites excluding steroid dienone is 9. The van der Waals surface area contributed by atoms with Crippen molar-refractivity contribution in [2.45, 2.75) is 55.8 Å². The molecule has 1 nitrogen and oxygen atoms in total. The summed E-state index contributed by atoms with van der Waals surface area (Å²) in [5.41, 5.74) is 4.78. The average molecular weight is 410 g/mol. The van der Waals surface area contributed by atoms with Crippen LogP contribution in [0.1, 0.15) is 44.9 Å². The van der Waals surface area contributed by atoms with Crippen LogP contribution in [-0.4, -0.2) is 15.8 Å². The van der Waals surface area contributed by atoms with Crippen LogP contribution in [0, 0.1) is 17.8 Å². The van der Waals surface area contributed by atoms with Crippen molar-refractivity contribution in [2.75, 3.05) is 0 Å². The van der Waals surface area contributed by atoms with E-state index in [1.54, 1.807) is 5.57 Å². The number of nitrogens with zero attached hydrogens (tertiary/aromatic N) is 1. The van der Waals surface area contributed by atoms with E-state index in [1.165, 1.54) is 56.3 Å². The van der Waals surface area contributed by atoms with Gasteiger partial charge in [-0.2, -0.15) is 0 Å². The summed E-state index contributed by atoms with van der Waals surface area (Å²) in [5.74, 6) is 2.16. The lowest BCUT2D eigenvalue weighted by molar-refractivity contribution is 0.265. The SMILES string of the molecule is BrC1C=CC(C2C=CC3C(C2)C2=C(C=CCC2)N3C2=CC=CCC2)CC1. The zero-order valence-electron chi connectivity index (χ0n) is 15.4. The maximum absolute atomic E-state index is 3.74. The summed E-state index contributed by atoms with van der Waals surface area (Å²) in [5, 5.41) is 0. The largest absolute Gasteiger partial charge is 0.338 e. The van der Waals surface area contributed by atoms with E-state index in [1.807, 2.05) is 0 Å². The van der Waals surface area contributed by atoms with Crippen molar-refractivity contribution in [3.8, 4) is 0 Å². The Morgan fingerprint density at radius 1 is 0.923 bits per heavy atom. The lowest BCUT2D eigenvalue weighted by Crippen LogP contribution is -2.36. The first-order valence-electron chi connectivity index (χ1n) is 10.4. The van der Waals surface area contributed by atoms with Gasteiger partial charge < -0.3 is 4.90 Å². The number of halogens is 1. The zero-order valence-corrected chi connectivity index (χ0v) is 16.9. The van der Waals surface area contributed by atoms with E-state index in [0.29, 0.717) is 22.7 Å². The van der Waals surface area contributed by atoms with Crippen molar-refractivity contribution in [1.82, 2.24) is 4.90 Å². The Morgan fingerprint density at radius 3 is 2.62 bits per heavy atom. The lowest BCUT2D eigenvalue weighted by Gasteiger charge is -2.38. The van der Waals surface area contributed by atoms with Gasteiger partial charge in [-0.3, -0.25) is 0 Å². The van der Waals surface area contributed by atoms with E-state index >= 15 is 0 Å². The third-order valence-corrected chi connectivity index (χ3v) is 7.64. The third kappa shape index (κ3) is 2.91. The second-order valence-corrected chi connectivity index (χ2v) is 9.55. The molecule has 2 heteroatoms. The van der Waals surface area contributed by atoms with Crippen LogP contribution in [-0.2, 0) is 0 Å². The molecule has 5 rings (SSSR count). The van der Waals surface area contributed by atoms with Crippen LogP contribution in [0.25, 0.3) is 0 Å². The van der Waals surface area contributed by atoms with Crippen LogP contribution in [0.15, 0.2) is 71.7 Å². The van der Waals surface area contributed by atoms with Gasteiger partial charge in [0.25, 0.3) is 0 Å². The molecule has 5 unspecified atom stereocenters. The van der Waals surface area contributed by atoms with Crippen molar-refractivity contribution in [3.63, 3.8) is 0 Å². The molecule has 136 valence electrons. The summed E-state index contributed by atoms with van der Waals surface area (Å²) in [7, 11) is 0. The minimum atomic E-state index is 0.549. The Morgan fingerprint density at radius 2 is 1.81 bits per heavy atom. The molecule has 5 atom stereocenters. The lowest BCUT2D eigenvalue weighted by atomic mass is 9.72. The van der Waals surface area contributed by atoms with E-state index in [4.69, 9.17) is 0 Å². The summed E-state index contributed by atoms with van der Waals surface area (Å²) in [6.45, 7) is 0. The molecule has 0 bridgehead atoms. The molecular formula is C24H28BrN. The van der Waals surface area contributed by atoms with Crippen molar-refractivity contribution in [2.24, 2.45) is 17.8 Å². The Labute approximate surface area is 166 Å².